The van der Waals surface area contributed by atoms with Crippen molar-refractivity contribution in [3.8, 4) is 5.69 Å². The number of carbonyl (C=O) groups is 1. The van der Waals surface area contributed by atoms with Crippen LogP contribution in [0.25, 0.3) is 16.7 Å². The van der Waals surface area contributed by atoms with Crippen molar-refractivity contribution in [3.63, 3.8) is 0 Å². The summed E-state index contributed by atoms with van der Waals surface area (Å²) < 4.78 is 1.90. The topological polar surface area (TPSA) is 67.2 Å². The average Bonchev–Trinajstić information content (AvgIpc) is 3.13. The van der Waals surface area contributed by atoms with Crippen LogP contribution in [-0.4, -0.2) is 56.7 Å². The predicted molar refractivity (Wildman–Crippen MR) is 148 cm³/mol. The second-order valence-corrected chi connectivity index (χ2v) is 11.2. The number of carbonyl (C=O) groups excluding carboxylic acids is 1. The summed E-state index contributed by atoms with van der Waals surface area (Å²) in [6, 6.07) is 18.6. The van der Waals surface area contributed by atoms with Crippen LogP contribution in [0.3, 0.4) is 0 Å². The summed E-state index contributed by atoms with van der Waals surface area (Å²) in [5.74, 6) is 1.91. The first-order valence-electron chi connectivity index (χ1n) is 13.2. The van der Waals surface area contributed by atoms with Crippen LogP contribution >= 0.6 is 0 Å². The van der Waals surface area contributed by atoms with Gasteiger partial charge in [-0.25, -0.2) is 14.6 Å². The third-order valence-corrected chi connectivity index (χ3v) is 6.77. The molecule has 1 amide bonds. The number of benzene rings is 2. The summed E-state index contributed by atoms with van der Waals surface area (Å²) in [7, 11) is 0. The molecule has 0 bridgehead atoms. The smallest absolute Gasteiger partial charge is 0.223 e. The van der Waals surface area contributed by atoms with Crippen molar-refractivity contribution in [1.82, 2.24) is 24.6 Å². The quantitative estimate of drug-likeness (QED) is 0.380. The van der Waals surface area contributed by atoms with E-state index < -0.39 is 0 Å². The van der Waals surface area contributed by atoms with Crippen molar-refractivity contribution >= 4 is 22.8 Å². The van der Waals surface area contributed by atoms with Crippen LogP contribution in [0, 0.1) is 12.3 Å². The highest BCUT2D eigenvalue weighted by Gasteiger charge is 2.26. The lowest BCUT2D eigenvalue weighted by atomic mass is 9.91. The molecule has 0 atom stereocenters. The van der Waals surface area contributed by atoms with Crippen LogP contribution in [0.1, 0.15) is 50.6 Å². The molecule has 1 aliphatic rings. The maximum atomic E-state index is 12.9. The Morgan fingerprint density at radius 2 is 1.68 bits per heavy atom. The molecular weight excluding hydrogens is 460 g/mol. The molecule has 1 fully saturated rings. The maximum absolute atomic E-state index is 12.9. The minimum atomic E-state index is -0.0151. The molecule has 192 valence electrons. The van der Waals surface area contributed by atoms with Crippen LogP contribution in [0.5, 0.6) is 0 Å². The summed E-state index contributed by atoms with van der Waals surface area (Å²) in [4.78, 5) is 27.3. The van der Waals surface area contributed by atoms with Crippen LogP contribution in [-0.2, 0) is 11.2 Å². The third-order valence-electron chi connectivity index (χ3n) is 6.77. The lowest BCUT2D eigenvalue weighted by molar-refractivity contribution is -0.132. The van der Waals surface area contributed by atoms with Gasteiger partial charge in [0.05, 0.1) is 17.3 Å². The minimum absolute atomic E-state index is 0.0151. The third kappa shape index (κ3) is 5.82. The second kappa shape index (κ2) is 10.3. The van der Waals surface area contributed by atoms with E-state index in [1.54, 1.807) is 0 Å². The van der Waals surface area contributed by atoms with Crippen LogP contribution < -0.4 is 4.90 Å². The Bertz CT molecular complexity index is 1370. The molecule has 2 aromatic heterocycles. The Kier molecular flexibility index (Phi) is 6.96. The monoisotopic (exact) mass is 496 g/mol. The number of aromatic nitrogens is 4. The highest BCUT2D eigenvalue weighted by Crippen LogP contribution is 2.28. The normalized spacial score (nSPS) is 14.7. The highest BCUT2D eigenvalue weighted by molar-refractivity contribution is 5.88. The van der Waals surface area contributed by atoms with Crippen molar-refractivity contribution < 1.29 is 4.79 Å². The number of rotatable bonds is 5. The molecule has 7 heteroatoms. The molecule has 4 aromatic rings. The number of aryl methyl sites for hydroxylation is 1. The van der Waals surface area contributed by atoms with Crippen molar-refractivity contribution in [1.29, 1.82) is 0 Å². The van der Waals surface area contributed by atoms with E-state index in [2.05, 4.69) is 56.9 Å². The van der Waals surface area contributed by atoms with Gasteiger partial charge >= 0.3 is 0 Å². The molecule has 7 nitrogen and oxygen atoms in total. The van der Waals surface area contributed by atoms with E-state index in [0.29, 0.717) is 19.4 Å². The van der Waals surface area contributed by atoms with Crippen molar-refractivity contribution in [2.24, 2.45) is 5.41 Å². The molecule has 1 aliphatic heterocycles. The number of para-hydroxylation sites is 1. The van der Waals surface area contributed by atoms with Crippen LogP contribution in [0.15, 0.2) is 60.8 Å². The molecule has 0 spiro atoms. The fourth-order valence-corrected chi connectivity index (χ4v) is 4.85. The van der Waals surface area contributed by atoms with Gasteiger partial charge in [-0.2, -0.15) is 5.10 Å². The molecular formula is C30H36N6O. The Morgan fingerprint density at radius 3 is 2.41 bits per heavy atom. The number of anilines is 1. The fourth-order valence-electron chi connectivity index (χ4n) is 4.85. The lowest BCUT2D eigenvalue weighted by Crippen LogP contribution is -2.37. The van der Waals surface area contributed by atoms with E-state index in [1.807, 2.05) is 46.1 Å². The Morgan fingerprint density at radius 1 is 0.919 bits per heavy atom. The first-order chi connectivity index (χ1) is 17.8. The van der Waals surface area contributed by atoms with Gasteiger partial charge in [0.1, 0.15) is 11.6 Å². The molecule has 0 N–H and O–H groups in total. The zero-order valence-corrected chi connectivity index (χ0v) is 22.3. The largest absolute Gasteiger partial charge is 0.354 e. The molecule has 3 heterocycles. The summed E-state index contributed by atoms with van der Waals surface area (Å²) in [6.07, 6.45) is 3.99. The van der Waals surface area contributed by atoms with E-state index in [4.69, 9.17) is 15.1 Å². The number of hydrogen-bond acceptors (Lipinski definition) is 5. The van der Waals surface area contributed by atoms with Gasteiger partial charge in [-0.15, -0.1) is 0 Å². The summed E-state index contributed by atoms with van der Waals surface area (Å²) in [6.45, 7) is 11.5. The molecule has 0 radical (unpaired) electrons. The van der Waals surface area contributed by atoms with Gasteiger partial charge < -0.3 is 9.80 Å². The SMILES string of the molecule is Cc1ccc(Cc2nc(N3CCCN(C(=O)CC(C)(C)C)CC3)c3cnn(-c4ccccc4)c3n2)cc1. The standard InChI is InChI=1S/C30H36N6O/c1-22-11-13-23(14-12-22)19-26-32-28(25-21-31-36(29(25)33-26)24-9-6-5-7-10-24)35-16-8-15-34(17-18-35)27(37)20-30(2,3)4/h5-7,9-14,21H,8,15-20H2,1-4H3. The highest BCUT2D eigenvalue weighted by atomic mass is 16.2. The molecule has 1 saturated heterocycles. The Hall–Kier alpha value is -3.74. The van der Waals surface area contributed by atoms with Crippen molar-refractivity contribution in [2.45, 2.75) is 47.0 Å². The first kappa shape index (κ1) is 24.9. The van der Waals surface area contributed by atoms with E-state index in [1.165, 1.54) is 11.1 Å². The minimum Gasteiger partial charge on any atom is -0.354 e. The number of fused-ring (bicyclic) bond motifs is 1. The van der Waals surface area contributed by atoms with Crippen LogP contribution in [0.2, 0.25) is 0 Å². The molecule has 0 aliphatic carbocycles. The predicted octanol–water partition coefficient (Wildman–Crippen LogP) is 5.19. The van der Waals surface area contributed by atoms with Gasteiger partial charge in [0.2, 0.25) is 5.91 Å². The van der Waals surface area contributed by atoms with Gasteiger partial charge in [0.25, 0.3) is 0 Å². The van der Waals surface area contributed by atoms with E-state index in [0.717, 1.165) is 54.4 Å². The maximum Gasteiger partial charge on any atom is 0.223 e. The van der Waals surface area contributed by atoms with Crippen molar-refractivity contribution in [2.75, 3.05) is 31.1 Å². The van der Waals surface area contributed by atoms with Gasteiger partial charge in [-0.05, 0) is 36.5 Å². The van der Waals surface area contributed by atoms with Crippen LogP contribution in [0.4, 0.5) is 5.82 Å². The zero-order valence-electron chi connectivity index (χ0n) is 22.3. The van der Waals surface area contributed by atoms with Crippen molar-refractivity contribution in [3.05, 3.63) is 77.7 Å². The van der Waals surface area contributed by atoms with E-state index >= 15 is 0 Å². The summed E-state index contributed by atoms with van der Waals surface area (Å²) in [5.41, 5.74) is 4.18. The summed E-state index contributed by atoms with van der Waals surface area (Å²) in [5, 5.41) is 5.65. The van der Waals surface area contributed by atoms with Gasteiger partial charge in [0.15, 0.2) is 5.65 Å². The molecule has 5 rings (SSSR count). The van der Waals surface area contributed by atoms with E-state index in [-0.39, 0.29) is 11.3 Å². The molecule has 0 saturated carbocycles. The number of amides is 1. The Labute approximate surface area is 219 Å². The average molecular weight is 497 g/mol. The van der Waals surface area contributed by atoms with Gasteiger partial charge in [-0.3, -0.25) is 4.79 Å². The first-order valence-corrected chi connectivity index (χ1v) is 13.2. The molecule has 2 aromatic carbocycles. The fraction of sp³-hybridized carbons (Fsp3) is 0.400. The molecule has 37 heavy (non-hydrogen) atoms. The Balaban J connectivity index is 1.50. The number of hydrogen-bond donors (Lipinski definition) is 0. The lowest BCUT2D eigenvalue weighted by Gasteiger charge is -2.26. The summed E-state index contributed by atoms with van der Waals surface area (Å²) >= 11 is 0. The second-order valence-electron chi connectivity index (χ2n) is 11.2. The zero-order chi connectivity index (χ0) is 26.0. The number of nitrogens with zero attached hydrogens (tertiary/aromatic N) is 6. The molecule has 0 unspecified atom stereocenters. The van der Waals surface area contributed by atoms with Gasteiger partial charge in [0, 0.05) is 39.0 Å². The van der Waals surface area contributed by atoms with E-state index in [9.17, 15) is 4.79 Å². The van der Waals surface area contributed by atoms with Gasteiger partial charge in [-0.1, -0.05) is 68.8 Å².